The van der Waals surface area contributed by atoms with Gasteiger partial charge in [-0.1, -0.05) is 17.7 Å². The van der Waals surface area contributed by atoms with E-state index < -0.39 is 15.8 Å². The molecule has 1 saturated heterocycles. The van der Waals surface area contributed by atoms with Crippen LogP contribution in [0.25, 0.3) is 6.08 Å². The molecule has 0 radical (unpaired) electrons. The highest BCUT2D eigenvalue weighted by Gasteiger charge is 2.31. The molecular formula is C14H16ClNO4S. The Kier molecular flexibility index (Phi) is 4.58. The number of carboxylic acid groups (broad SMARTS) is 1. The van der Waals surface area contributed by atoms with Crippen molar-refractivity contribution in [1.82, 2.24) is 0 Å². The van der Waals surface area contributed by atoms with E-state index in [1.54, 1.807) is 25.2 Å². The molecule has 0 spiro atoms. The van der Waals surface area contributed by atoms with Gasteiger partial charge in [-0.2, -0.15) is 0 Å². The van der Waals surface area contributed by atoms with Gasteiger partial charge in [-0.15, -0.1) is 0 Å². The van der Waals surface area contributed by atoms with E-state index >= 15 is 0 Å². The van der Waals surface area contributed by atoms with Gasteiger partial charge in [0.15, 0.2) is 9.84 Å². The molecule has 0 aliphatic carbocycles. The lowest BCUT2D eigenvalue weighted by atomic mass is 10.1. The minimum Gasteiger partial charge on any atom is -0.478 e. The highest BCUT2D eigenvalue weighted by molar-refractivity contribution is 7.91. The first-order valence-corrected chi connectivity index (χ1v) is 8.63. The maximum atomic E-state index is 11.6. The largest absolute Gasteiger partial charge is 0.478 e. The fourth-order valence-electron chi connectivity index (χ4n) is 2.43. The third-order valence-corrected chi connectivity index (χ3v) is 5.64. The van der Waals surface area contributed by atoms with Crippen LogP contribution in [0, 0.1) is 0 Å². The molecule has 5 nitrogen and oxygen atoms in total. The van der Waals surface area contributed by atoms with Crippen LogP contribution in [0.1, 0.15) is 12.0 Å². The van der Waals surface area contributed by atoms with E-state index in [0.717, 1.165) is 11.8 Å². The molecule has 1 aliphatic heterocycles. The summed E-state index contributed by atoms with van der Waals surface area (Å²) in [6.07, 6.45) is 3.01. The molecule has 1 atom stereocenters. The number of nitrogens with zero attached hydrogens (tertiary/aromatic N) is 1. The van der Waals surface area contributed by atoms with Crippen LogP contribution in [-0.4, -0.2) is 44.1 Å². The number of halogens is 1. The molecular weight excluding hydrogens is 314 g/mol. The number of sulfone groups is 1. The Balaban J connectivity index is 2.35. The lowest BCUT2D eigenvalue weighted by molar-refractivity contribution is -0.131. The standard InChI is InChI=1S/C14H16ClNO4S/c1-16(10-7-8-21(19,20)9-10)13-4-2-3-12(15)11(13)5-6-14(17)18/h2-6,10H,7-9H2,1H3,(H,17,18)/b6-5+. The minimum atomic E-state index is -2.98. The maximum absolute atomic E-state index is 11.6. The Hall–Kier alpha value is -1.53. The van der Waals surface area contributed by atoms with Gasteiger partial charge in [0, 0.05) is 35.4 Å². The van der Waals surface area contributed by atoms with Crippen molar-refractivity contribution in [2.45, 2.75) is 12.5 Å². The van der Waals surface area contributed by atoms with Gasteiger partial charge in [-0.3, -0.25) is 0 Å². The van der Waals surface area contributed by atoms with Crippen LogP contribution in [0.15, 0.2) is 24.3 Å². The summed E-state index contributed by atoms with van der Waals surface area (Å²) in [6.45, 7) is 0. The Morgan fingerprint density at radius 3 is 2.76 bits per heavy atom. The first kappa shape index (κ1) is 15.9. The molecule has 21 heavy (non-hydrogen) atoms. The average molecular weight is 330 g/mol. The fourth-order valence-corrected chi connectivity index (χ4v) is 4.44. The van der Waals surface area contributed by atoms with Crippen molar-refractivity contribution in [3.05, 3.63) is 34.9 Å². The zero-order valence-electron chi connectivity index (χ0n) is 11.5. The van der Waals surface area contributed by atoms with Crippen LogP contribution in [0.2, 0.25) is 5.02 Å². The molecule has 1 aromatic rings. The molecule has 1 heterocycles. The van der Waals surface area contributed by atoms with Crippen molar-refractivity contribution < 1.29 is 18.3 Å². The molecule has 7 heteroatoms. The number of carboxylic acids is 1. The fraction of sp³-hybridized carbons (Fsp3) is 0.357. The molecule has 1 N–H and O–H groups in total. The Labute approximate surface area is 128 Å². The number of rotatable bonds is 4. The van der Waals surface area contributed by atoms with Gasteiger partial charge in [0.25, 0.3) is 0 Å². The predicted octanol–water partition coefficient (Wildman–Crippen LogP) is 2.06. The molecule has 114 valence electrons. The van der Waals surface area contributed by atoms with Crippen LogP contribution >= 0.6 is 11.6 Å². The van der Waals surface area contributed by atoms with Gasteiger partial charge in [-0.05, 0) is 24.6 Å². The second-order valence-electron chi connectivity index (χ2n) is 5.01. The van der Waals surface area contributed by atoms with Crippen molar-refractivity contribution in [1.29, 1.82) is 0 Å². The summed E-state index contributed by atoms with van der Waals surface area (Å²) in [5.74, 6) is -0.770. The van der Waals surface area contributed by atoms with E-state index in [2.05, 4.69) is 0 Å². The van der Waals surface area contributed by atoms with Gasteiger partial charge in [-0.25, -0.2) is 13.2 Å². The lowest BCUT2D eigenvalue weighted by Gasteiger charge is -2.27. The van der Waals surface area contributed by atoms with E-state index in [1.165, 1.54) is 6.08 Å². The number of anilines is 1. The zero-order valence-corrected chi connectivity index (χ0v) is 13.1. The van der Waals surface area contributed by atoms with Gasteiger partial charge >= 0.3 is 5.97 Å². The summed E-state index contributed by atoms with van der Waals surface area (Å²) in [5, 5.41) is 9.18. The summed E-state index contributed by atoms with van der Waals surface area (Å²) in [4.78, 5) is 12.5. The quantitative estimate of drug-likeness (QED) is 0.856. The predicted molar refractivity (Wildman–Crippen MR) is 83.6 cm³/mol. The number of hydrogen-bond acceptors (Lipinski definition) is 4. The number of hydrogen-bond donors (Lipinski definition) is 1. The average Bonchev–Trinajstić information content (AvgIpc) is 2.76. The minimum absolute atomic E-state index is 0.109. The van der Waals surface area contributed by atoms with Crippen LogP contribution in [0.5, 0.6) is 0 Å². The second-order valence-corrected chi connectivity index (χ2v) is 7.65. The Bertz CT molecular complexity index is 684. The molecule has 0 saturated carbocycles. The van der Waals surface area contributed by atoms with E-state index in [-0.39, 0.29) is 17.5 Å². The van der Waals surface area contributed by atoms with Crippen LogP contribution in [0.4, 0.5) is 5.69 Å². The summed E-state index contributed by atoms with van der Waals surface area (Å²) in [7, 11) is -1.18. The monoisotopic (exact) mass is 329 g/mol. The molecule has 1 aromatic carbocycles. The van der Waals surface area contributed by atoms with Gasteiger partial charge in [0.1, 0.15) is 0 Å². The highest BCUT2D eigenvalue weighted by Crippen LogP contribution is 2.31. The molecule has 1 unspecified atom stereocenters. The maximum Gasteiger partial charge on any atom is 0.328 e. The lowest BCUT2D eigenvalue weighted by Crippen LogP contribution is -2.33. The summed E-state index contributed by atoms with van der Waals surface area (Å²) in [6, 6.07) is 5.12. The van der Waals surface area contributed by atoms with Crippen molar-refractivity contribution >= 4 is 39.2 Å². The number of carbonyl (C=O) groups is 1. The van der Waals surface area contributed by atoms with Crippen molar-refractivity contribution in [2.24, 2.45) is 0 Å². The SMILES string of the molecule is CN(c1cccc(Cl)c1/C=C/C(=O)O)C1CCS(=O)(=O)C1. The van der Waals surface area contributed by atoms with Gasteiger partial charge in [0.05, 0.1) is 11.5 Å². The Morgan fingerprint density at radius 2 is 2.19 bits per heavy atom. The van der Waals surface area contributed by atoms with Crippen molar-refractivity contribution in [3.8, 4) is 0 Å². The van der Waals surface area contributed by atoms with E-state index in [0.29, 0.717) is 17.0 Å². The highest BCUT2D eigenvalue weighted by atomic mass is 35.5. The Morgan fingerprint density at radius 1 is 1.48 bits per heavy atom. The van der Waals surface area contributed by atoms with E-state index in [4.69, 9.17) is 16.7 Å². The topological polar surface area (TPSA) is 74.7 Å². The van der Waals surface area contributed by atoms with Crippen molar-refractivity contribution in [2.75, 3.05) is 23.5 Å². The van der Waals surface area contributed by atoms with Crippen LogP contribution < -0.4 is 4.90 Å². The van der Waals surface area contributed by atoms with Crippen molar-refractivity contribution in [3.63, 3.8) is 0 Å². The second kappa shape index (κ2) is 6.07. The molecule has 2 rings (SSSR count). The molecule has 0 amide bonds. The third kappa shape index (κ3) is 3.77. The number of benzene rings is 1. The smallest absolute Gasteiger partial charge is 0.328 e. The first-order chi connectivity index (χ1) is 9.80. The summed E-state index contributed by atoms with van der Waals surface area (Å²) < 4.78 is 23.2. The van der Waals surface area contributed by atoms with E-state index in [9.17, 15) is 13.2 Å². The third-order valence-electron chi connectivity index (χ3n) is 3.56. The van der Waals surface area contributed by atoms with E-state index in [1.807, 2.05) is 4.90 Å². The van der Waals surface area contributed by atoms with Crippen LogP contribution in [-0.2, 0) is 14.6 Å². The van der Waals surface area contributed by atoms with Gasteiger partial charge in [0.2, 0.25) is 0 Å². The number of aliphatic carboxylic acids is 1. The summed E-state index contributed by atoms with van der Waals surface area (Å²) in [5.41, 5.74) is 1.30. The molecule has 1 fully saturated rings. The molecule has 0 bridgehead atoms. The van der Waals surface area contributed by atoms with Gasteiger partial charge < -0.3 is 10.0 Å². The summed E-state index contributed by atoms with van der Waals surface area (Å²) >= 11 is 6.13. The normalized spacial score (nSPS) is 20.8. The zero-order chi connectivity index (χ0) is 15.6. The molecule has 0 aromatic heterocycles. The first-order valence-electron chi connectivity index (χ1n) is 6.43. The molecule has 1 aliphatic rings. The van der Waals surface area contributed by atoms with Crippen LogP contribution in [0.3, 0.4) is 0 Å².